The van der Waals surface area contributed by atoms with E-state index < -0.39 is 10.0 Å². The summed E-state index contributed by atoms with van der Waals surface area (Å²) < 4.78 is 27.0. The lowest BCUT2D eigenvalue weighted by molar-refractivity contribution is 0.601. The van der Waals surface area contributed by atoms with E-state index in [0.717, 1.165) is 5.56 Å². The second-order valence-corrected chi connectivity index (χ2v) is 7.39. The first-order valence-electron chi connectivity index (χ1n) is 7.56. The van der Waals surface area contributed by atoms with E-state index in [4.69, 9.17) is 11.6 Å². The maximum atomic E-state index is 12.3. The summed E-state index contributed by atoms with van der Waals surface area (Å²) in [5, 5.41) is 3.83. The molecule has 2 N–H and O–H groups in total. The minimum atomic E-state index is -3.61. The third-order valence-electron chi connectivity index (χ3n) is 3.49. The summed E-state index contributed by atoms with van der Waals surface area (Å²) >= 11 is 6.11. The largest absolute Gasteiger partial charge is 0.366 e. The average Bonchev–Trinajstić information content (AvgIpc) is 2.63. The molecular formula is C18H16ClN3O2S. The Hall–Kier alpha value is -2.57. The van der Waals surface area contributed by atoms with Crippen molar-refractivity contribution in [3.8, 4) is 0 Å². The van der Waals surface area contributed by atoms with Gasteiger partial charge in [-0.2, -0.15) is 0 Å². The molecule has 0 saturated heterocycles. The van der Waals surface area contributed by atoms with Crippen molar-refractivity contribution in [2.75, 3.05) is 10.0 Å². The lowest BCUT2D eigenvalue weighted by Gasteiger charge is -2.10. The molecule has 0 fully saturated rings. The number of benzene rings is 2. The van der Waals surface area contributed by atoms with Crippen LogP contribution in [0.3, 0.4) is 0 Å². The highest BCUT2D eigenvalue weighted by molar-refractivity contribution is 7.92. The number of anilines is 2. The molecule has 3 rings (SSSR count). The molecule has 0 saturated carbocycles. The Morgan fingerprint density at radius 3 is 2.32 bits per heavy atom. The molecule has 5 nitrogen and oxygen atoms in total. The first-order valence-corrected chi connectivity index (χ1v) is 9.42. The lowest BCUT2D eigenvalue weighted by Crippen LogP contribution is -2.13. The Kier molecular flexibility index (Phi) is 5.21. The van der Waals surface area contributed by atoms with Gasteiger partial charge in [-0.1, -0.05) is 48.0 Å². The molecule has 1 aromatic heterocycles. The predicted octanol–water partition coefficient (Wildman–Crippen LogP) is 4.15. The number of aromatic nitrogens is 1. The molecule has 128 valence electrons. The van der Waals surface area contributed by atoms with Gasteiger partial charge in [0.25, 0.3) is 10.0 Å². The number of halogens is 1. The van der Waals surface area contributed by atoms with Crippen LogP contribution in [0.1, 0.15) is 5.56 Å². The van der Waals surface area contributed by atoms with Crippen molar-refractivity contribution in [2.24, 2.45) is 0 Å². The number of pyridine rings is 1. The van der Waals surface area contributed by atoms with Crippen LogP contribution in [0.4, 0.5) is 11.5 Å². The molecule has 0 amide bonds. The van der Waals surface area contributed by atoms with Gasteiger partial charge in [0.05, 0.1) is 16.8 Å². The van der Waals surface area contributed by atoms with Crippen molar-refractivity contribution < 1.29 is 8.42 Å². The van der Waals surface area contributed by atoms with Crippen molar-refractivity contribution in [3.05, 3.63) is 83.5 Å². The summed E-state index contributed by atoms with van der Waals surface area (Å²) in [6.07, 6.45) is 1.47. The highest BCUT2D eigenvalue weighted by Gasteiger charge is 2.13. The fourth-order valence-electron chi connectivity index (χ4n) is 2.20. The van der Waals surface area contributed by atoms with Crippen LogP contribution in [-0.4, -0.2) is 13.4 Å². The van der Waals surface area contributed by atoms with Crippen LogP contribution in [0.25, 0.3) is 0 Å². The zero-order valence-corrected chi connectivity index (χ0v) is 14.8. The van der Waals surface area contributed by atoms with Crippen LogP contribution in [-0.2, 0) is 16.6 Å². The molecular weight excluding hydrogens is 358 g/mol. The summed E-state index contributed by atoms with van der Waals surface area (Å²) in [5.41, 5.74) is 1.35. The maximum absolute atomic E-state index is 12.3. The molecule has 7 heteroatoms. The van der Waals surface area contributed by atoms with Gasteiger partial charge in [0.2, 0.25) is 0 Å². The van der Waals surface area contributed by atoms with Gasteiger partial charge in [0.15, 0.2) is 0 Å². The van der Waals surface area contributed by atoms with Crippen LogP contribution < -0.4 is 10.0 Å². The highest BCUT2D eigenvalue weighted by Crippen LogP contribution is 2.18. The van der Waals surface area contributed by atoms with E-state index in [-0.39, 0.29) is 4.90 Å². The van der Waals surface area contributed by atoms with Crippen LogP contribution in [0, 0.1) is 0 Å². The molecule has 0 unspecified atom stereocenters. The van der Waals surface area contributed by atoms with Gasteiger partial charge in [-0.05, 0) is 35.9 Å². The van der Waals surface area contributed by atoms with E-state index in [1.807, 2.05) is 24.3 Å². The summed E-state index contributed by atoms with van der Waals surface area (Å²) in [6, 6.07) is 19.1. The zero-order valence-electron chi connectivity index (χ0n) is 13.2. The Balaban J connectivity index is 1.65. The second-order valence-electron chi connectivity index (χ2n) is 5.30. The molecule has 25 heavy (non-hydrogen) atoms. The summed E-state index contributed by atoms with van der Waals surface area (Å²) in [5.74, 6) is 0.627. The number of rotatable bonds is 6. The second kappa shape index (κ2) is 7.55. The topological polar surface area (TPSA) is 71.1 Å². The van der Waals surface area contributed by atoms with Gasteiger partial charge >= 0.3 is 0 Å². The Bertz CT molecular complexity index is 946. The monoisotopic (exact) mass is 373 g/mol. The maximum Gasteiger partial charge on any atom is 0.261 e. The van der Waals surface area contributed by atoms with E-state index in [1.165, 1.54) is 18.3 Å². The normalized spacial score (nSPS) is 11.1. The van der Waals surface area contributed by atoms with E-state index in [1.54, 1.807) is 30.3 Å². The fourth-order valence-corrected chi connectivity index (χ4v) is 3.47. The third-order valence-corrected chi connectivity index (χ3v) is 5.25. The van der Waals surface area contributed by atoms with Crippen LogP contribution in [0.5, 0.6) is 0 Å². The summed E-state index contributed by atoms with van der Waals surface area (Å²) in [4.78, 5) is 4.42. The summed E-state index contributed by atoms with van der Waals surface area (Å²) in [7, 11) is -3.61. The van der Waals surface area contributed by atoms with Crippen molar-refractivity contribution in [1.82, 2.24) is 4.98 Å². The van der Waals surface area contributed by atoms with Crippen LogP contribution in [0.15, 0.2) is 77.8 Å². The SMILES string of the molecule is O=S(=O)(Nc1ccc(NCc2ccccc2Cl)nc1)c1ccccc1. The smallest absolute Gasteiger partial charge is 0.261 e. The molecule has 0 aliphatic heterocycles. The Morgan fingerprint density at radius 1 is 0.920 bits per heavy atom. The minimum absolute atomic E-state index is 0.205. The number of nitrogens with zero attached hydrogens (tertiary/aromatic N) is 1. The molecule has 2 aromatic carbocycles. The van der Waals surface area contributed by atoms with E-state index in [2.05, 4.69) is 15.0 Å². The number of nitrogens with one attached hydrogen (secondary N) is 2. The lowest BCUT2D eigenvalue weighted by atomic mass is 10.2. The van der Waals surface area contributed by atoms with Gasteiger partial charge in [0, 0.05) is 11.6 Å². The van der Waals surface area contributed by atoms with E-state index in [0.29, 0.717) is 23.1 Å². The first-order chi connectivity index (χ1) is 12.0. The van der Waals surface area contributed by atoms with Gasteiger partial charge in [-0.25, -0.2) is 13.4 Å². The van der Waals surface area contributed by atoms with Crippen molar-refractivity contribution in [2.45, 2.75) is 11.4 Å². The van der Waals surface area contributed by atoms with Gasteiger partial charge in [0.1, 0.15) is 5.82 Å². The van der Waals surface area contributed by atoms with E-state index in [9.17, 15) is 8.42 Å². The Morgan fingerprint density at radius 2 is 1.64 bits per heavy atom. The van der Waals surface area contributed by atoms with Gasteiger partial charge < -0.3 is 5.32 Å². The van der Waals surface area contributed by atoms with Crippen LogP contribution in [0.2, 0.25) is 5.02 Å². The predicted molar refractivity (Wildman–Crippen MR) is 100 cm³/mol. The molecule has 1 heterocycles. The highest BCUT2D eigenvalue weighted by atomic mass is 35.5. The fraction of sp³-hybridized carbons (Fsp3) is 0.0556. The molecule has 0 atom stereocenters. The van der Waals surface area contributed by atoms with Crippen LogP contribution >= 0.6 is 11.6 Å². The standard InChI is InChI=1S/C18H16ClN3O2S/c19-17-9-5-4-6-14(17)12-20-18-11-10-15(13-21-18)22-25(23,24)16-7-2-1-3-8-16/h1-11,13,22H,12H2,(H,20,21). The first kappa shape index (κ1) is 17.3. The molecule has 0 aliphatic rings. The molecule has 0 aliphatic carbocycles. The average molecular weight is 374 g/mol. The summed E-state index contributed by atoms with van der Waals surface area (Å²) in [6.45, 7) is 0.530. The van der Waals surface area contributed by atoms with Crippen molar-refractivity contribution in [1.29, 1.82) is 0 Å². The van der Waals surface area contributed by atoms with Gasteiger partial charge in [-0.15, -0.1) is 0 Å². The Labute approximate surface area is 151 Å². The molecule has 0 radical (unpaired) electrons. The molecule has 3 aromatic rings. The van der Waals surface area contributed by atoms with Crippen molar-refractivity contribution >= 4 is 33.1 Å². The van der Waals surface area contributed by atoms with Gasteiger partial charge in [-0.3, -0.25) is 4.72 Å². The quantitative estimate of drug-likeness (QED) is 0.681. The van der Waals surface area contributed by atoms with E-state index >= 15 is 0 Å². The number of hydrogen-bond donors (Lipinski definition) is 2. The minimum Gasteiger partial charge on any atom is -0.366 e. The van der Waals surface area contributed by atoms with Crippen molar-refractivity contribution in [3.63, 3.8) is 0 Å². The molecule has 0 bridgehead atoms. The number of hydrogen-bond acceptors (Lipinski definition) is 4. The third kappa shape index (κ3) is 4.49. The zero-order chi connectivity index (χ0) is 17.7. The molecule has 0 spiro atoms. The number of sulfonamides is 1.